The fourth-order valence-corrected chi connectivity index (χ4v) is 3.65. The molecule has 0 aromatic heterocycles. The summed E-state index contributed by atoms with van der Waals surface area (Å²) in [5.41, 5.74) is 0. The average Bonchev–Trinajstić information content (AvgIpc) is 2.01. The molecule has 0 atom stereocenters. The molecule has 0 saturated heterocycles. The third-order valence-electron chi connectivity index (χ3n) is 2.47. The van der Waals surface area contributed by atoms with Gasteiger partial charge >= 0.3 is 0 Å². The predicted octanol–water partition coefficient (Wildman–Crippen LogP) is -0.733. The van der Waals surface area contributed by atoms with E-state index < -0.39 is 7.26 Å². The van der Waals surface area contributed by atoms with Gasteiger partial charge in [0.1, 0.15) is 6.16 Å². The molecular weight excluding hydrogens is 179 g/mol. The number of hydrogen-bond acceptors (Lipinski definition) is 1. The fourth-order valence-electron chi connectivity index (χ4n) is 1.22. The highest BCUT2D eigenvalue weighted by Gasteiger charge is 2.29. The van der Waals surface area contributed by atoms with Crippen LogP contribution in [0.4, 0.5) is 0 Å². The van der Waals surface area contributed by atoms with Gasteiger partial charge in [0, 0.05) is 7.26 Å². The first kappa shape index (κ1) is 13.9. The van der Waals surface area contributed by atoms with Gasteiger partial charge in [0.05, 0.1) is 18.5 Å². The van der Waals surface area contributed by atoms with E-state index in [1.807, 2.05) is 0 Å². The molecule has 0 rings (SSSR count). The molecule has 0 bridgehead atoms. The largest absolute Gasteiger partial charge is 1.00 e. The van der Waals surface area contributed by atoms with Crippen molar-refractivity contribution in [3.05, 3.63) is 0 Å². The van der Waals surface area contributed by atoms with Crippen molar-refractivity contribution in [2.24, 2.45) is 0 Å². The van der Waals surface area contributed by atoms with Crippen LogP contribution in [-0.2, 0) is 4.79 Å². The molecule has 3 heteroatoms. The third-order valence-corrected chi connectivity index (χ3v) is 7.42. The van der Waals surface area contributed by atoms with Crippen LogP contribution in [0.15, 0.2) is 0 Å². The Labute approximate surface area is 76.7 Å². The molecule has 0 aliphatic rings. The van der Waals surface area contributed by atoms with Gasteiger partial charge in [-0.05, 0) is 20.8 Å². The van der Waals surface area contributed by atoms with Crippen molar-refractivity contribution in [1.29, 1.82) is 0 Å². The molecule has 0 aromatic carbocycles. The fraction of sp³-hybridized carbons (Fsp3) is 0.875. The first-order valence-electron chi connectivity index (χ1n) is 4.03. The summed E-state index contributed by atoms with van der Waals surface area (Å²) in [5.74, 6) is 0. The van der Waals surface area contributed by atoms with Crippen LogP contribution in [0.2, 0.25) is 0 Å². The van der Waals surface area contributed by atoms with Gasteiger partial charge in [-0.1, -0.05) is 0 Å². The second kappa shape index (κ2) is 7.06. The summed E-state index contributed by atoms with van der Waals surface area (Å²) in [7, 11) is -0.807. The molecule has 0 aliphatic heterocycles. The van der Waals surface area contributed by atoms with Crippen molar-refractivity contribution < 1.29 is 17.2 Å². The van der Waals surface area contributed by atoms with Crippen LogP contribution in [0.1, 0.15) is 20.8 Å². The first-order chi connectivity index (χ1) is 4.74. The molecule has 0 N–H and O–H groups in total. The SMILES string of the molecule is CC[P+](CC)(CC)CC=O.[Cl-]. The highest BCUT2D eigenvalue weighted by atomic mass is 35.5. The Morgan fingerprint density at radius 3 is 1.55 bits per heavy atom. The van der Waals surface area contributed by atoms with Crippen molar-refractivity contribution in [2.75, 3.05) is 24.6 Å². The lowest BCUT2D eigenvalue weighted by molar-refractivity contribution is -0.105. The number of carbonyl (C=O) groups is 1. The molecular formula is C8H18ClOP. The molecule has 0 radical (unpaired) electrons. The van der Waals surface area contributed by atoms with Crippen LogP contribution in [0.5, 0.6) is 0 Å². The van der Waals surface area contributed by atoms with Crippen molar-refractivity contribution in [3.8, 4) is 0 Å². The molecule has 0 aliphatic carbocycles. The number of halogens is 1. The van der Waals surface area contributed by atoms with Crippen molar-refractivity contribution in [1.82, 2.24) is 0 Å². The van der Waals surface area contributed by atoms with E-state index in [-0.39, 0.29) is 12.4 Å². The molecule has 0 unspecified atom stereocenters. The Morgan fingerprint density at radius 1 is 1.09 bits per heavy atom. The predicted molar refractivity (Wildman–Crippen MR) is 49.5 cm³/mol. The number of hydrogen-bond donors (Lipinski definition) is 0. The highest BCUT2D eigenvalue weighted by molar-refractivity contribution is 7.76. The number of carbonyl (C=O) groups excluding carboxylic acids is 1. The minimum absolute atomic E-state index is 0. The van der Waals surface area contributed by atoms with Gasteiger partial charge in [-0.15, -0.1) is 0 Å². The topological polar surface area (TPSA) is 17.1 Å². The molecule has 0 amide bonds. The molecule has 0 aromatic rings. The van der Waals surface area contributed by atoms with Gasteiger partial charge in [0.2, 0.25) is 0 Å². The Kier molecular flexibility index (Phi) is 8.95. The highest BCUT2D eigenvalue weighted by Crippen LogP contribution is 2.56. The van der Waals surface area contributed by atoms with Gasteiger partial charge in [-0.2, -0.15) is 0 Å². The summed E-state index contributed by atoms with van der Waals surface area (Å²) in [4.78, 5) is 10.3. The maximum atomic E-state index is 10.3. The van der Waals surface area contributed by atoms with Gasteiger partial charge in [0.15, 0.2) is 6.29 Å². The van der Waals surface area contributed by atoms with E-state index in [0.717, 1.165) is 12.4 Å². The van der Waals surface area contributed by atoms with Crippen LogP contribution < -0.4 is 12.4 Å². The maximum Gasteiger partial charge on any atom is 0.157 e. The van der Waals surface area contributed by atoms with E-state index >= 15 is 0 Å². The second-order valence-electron chi connectivity index (χ2n) is 2.64. The van der Waals surface area contributed by atoms with E-state index in [1.165, 1.54) is 18.5 Å². The lowest BCUT2D eigenvalue weighted by Gasteiger charge is -2.20. The molecule has 0 spiro atoms. The molecule has 0 heterocycles. The van der Waals surface area contributed by atoms with Crippen LogP contribution >= 0.6 is 7.26 Å². The van der Waals surface area contributed by atoms with Gasteiger partial charge in [-0.25, -0.2) is 0 Å². The molecule has 1 nitrogen and oxygen atoms in total. The molecule has 11 heavy (non-hydrogen) atoms. The lowest BCUT2D eigenvalue weighted by atomic mass is 10.9. The zero-order chi connectivity index (χ0) is 8.04. The smallest absolute Gasteiger partial charge is 0.157 e. The Morgan fingerprint density at radius 2 is 1.45 bits per heavy atom. The van der Waals surface area contributed by atoms with E-state index in [2.05, 4.69) is 20.8 Å². The quantitative estimate of drug-likeness (QED) is 0.419. The minimum Gasteiger partial charge on any atom is -1.00 e. The van der Waals surface area contributed by atoms with Crippen LogP contribution in [-0.4, -0.2) is 30.9 Å². The summed E-state index contributed by atoms with van der Waals surface area (Å²) in [5, 5.41) is 0. The Hall–Kier alpha value is 0.390. The summed E-state index contributed by atoms with van der Waals surface area (Å²) in [6, 6.07) is 0. The van der Waals surface area contributed by atoms with Crippen LogP contribution in [0, 0.1) is 0 Å². The zero-order valence-electron chi connectivity index (χ0n) is 7.64. The van der Waals surface area contributed by atoms with E-state index in [9.17, 15) is 4.79 Å². The summed E-state index contributed by atoms with van der Waals surface area (Å²) >= 11 is 0. The normalized spacial score (nSPS) is 10.5. The monoisotopic (exact) mass is 196 g/mol. The van der Waals surface area contributed by atoms with E-state index in [1.54, 1.807) is 0 Å². The average molecular weight is 197 g/mol. The van der Waals surface area contributed by atoms with E-state index in [0.29, 0.717) is 0 Å². The summed E-state index contributed by atoms with van der Waals surface area (Å²) in [6.07, 6.45) is 5.65. The number of aldehydes is 1. The van der Waals surface area contributed by atoms with Crippen molar-refractivity contribution in [3.63, 3.8) is 0 Å². The van der Waals surface area contributed by atoms with Crippen molar-refractivity contribution in [2.45, 2.75) is 20.8 Å². The van der Waals surface area contributed by atoms with Gasteiger partial charge in [-0.3, -0.25) is 4.79 Å². The summed E-state index contributed by atoms with van der Waals surface area (Å²) < 4.78 is 0. The van der Waals surface area contributed by atoms with Crippen LogP contribution in [0.3, 0.4) is 0 Å². The second-order valence-corrected chi connectivity index (χ2v) is 7.59. The number of rotatable bonds is 5. The molecule has 0 fully saturated rings. The first-order valence-corrected chi connectivity index (χ1v) is 6.56. The van der Waals surface area contributed by atoms with Crippen molar-refractivity contribution >= 4 is 13.5 Å². The van der Waals surface area contributed by atoms with Gasteiger partial charge in [0.25, 0.3) is 0 Å². The standard InChI is InChI=1S/C8H18OP.ClH/c1-4-10(5-2,6-3)8-7-9;/h7H,4-6,8H2,1-3H3;1H/q+1;/p-1. The Balaban J connectivity index is 0. The summed E-state index contributed by atoms with van der Waals surface area (Å²) in [6.45, 7) is 6.64. The zero-order valence-corrected chi connectivity index (χ0v) is 9.29. The maximum absolute atomic E-state index is 10.3. The van der Waals surface area contributed by atoms with E-state index in [4.69, 9.17) is 0 Å². The third kappa shape index (κ3) is 4.08. The minimum atomic E-state index is -0.807. The van der Waals surface area contributed by atoms with Gasteiger partial charge < -0.3 is 12.4 Å². The Bertz CT molecular complexity index is 94.0. The lowest BCUT2D eigenvalue weighted by Crippen LogP contribution is -3.00. The molecule has 0 saturated carbocycles. The molecule has 68 valence electrons. The van der Waals surface area contributed by atoms with Crippen LogP contribution in [0.25, 0.3) is 0 Å².